The second kappa shape index (κ2) is 5.31. The molecule has 3 heteroatoms. The molecular formula is C14H18N2O. The zero-order chi connectivity index (χ0) is 12.1. The first-order chi connectivity index (χ1) is 8.28. The maximum Gasteiger partial charge on any atom is 0.0991 e. The van der Waals surface area contributed by atoms with E-state index in [2.05, 4.69) is 11.4 Å². The van der Waals surface area contributed by atoms with Crippen LogP contribution >= 0.6 is 0 Å². The molecule has 1 aliphatic carbocycles. The quantitative estimate of drug-likeness (QED) is 0.783. The summed E-state index contributed by atoms with van der Waals surface area (Å²) in [5, 5.41) is 21.1. The summed E-state index contributed by atoms with van der Waals surface area (Å²) in [6, 6.07) is 9.77. The Labute approximate surface area is 102 Å². The van der Waals surface area contributed by atoms with Gasteiger partial charge in [-0.2, -0.15) is 5.26 Å². The zero-order valence-corrected chi connectivity index (χ0v) is 9.95. The van der Waals surface area contributed by atoms with E-state index in [4.69, 9.17) is 10.4 Å². The number of aliphatic hydroxyl groups is 1. The van der Waals surface area contributed by atoms with Gasteiger partial charge in [0.15, 0.2) is 0 Å². The maximum atomic E-state index is 8.96. The van der Waals surface area contributed by atoms with Crippen LogP contribution in [0.3, 0.4) is 0 Å². The number of hydrogen-bond donors (Lipinski definition) is 2. The predicted octanol–water partition coefficient (Wildman–Crippen LogP) is 1.81. The third-order valence-electron chi connectivity index (χ3n) is 3.51. The van der Waals surface area contributed by atoms with E-state index in [0.717, 1.165) is 19.5 Å². The molecule has 0 radical (unpaired) electrons. The fraction of sp³-hybridized carbons (Fsp3) is 0.500. The molecule has 0 aliphatic heterocycles. The Hall–Kier alpha value is -1.37. The minimum atomic E-state index is 0.290. The van der Waals surface area contributed by atoms with Crippen molar-refractivity contribution in [1.82, 2.24) is 5.32 Å². The summed E-state index contributed by atoms with van der Waals surface area (Å²) in [6.07, 6.45) is 3.37. The molecule has 1 fully saturated rings. The molecule has 2 N–H and O–H groups in total. The van der Waals surface area contributed by atoms with Crippen LogP contribution in [0.1, 0.15) is 30.4 Å². The first-order valence-corrected chi connectivity index (χ1v) is 6.09. The van der Waals surface area contributed by atoms with Crippen molar-refractivity contribution in [3.8, 4) is 6.07 Å². The Morgan fingerprint density at radius 3 is 2.53 bits per heavy atom. The molecule has 0 aromatic heterocycles. The van der Waals surface area contributed by atoms with Crippen molar-refractivity contribution in [3.63, 3.8) is 0 Å². The van der Waals surface area contributed by atoms with Crippen LogP contribution in [0, 0.1) is 16.7 Å². The maximum absolute atomic E-state index is 8.96. The van der Waals surface area contributed by atoms with E-state index in [9.17, 15) is 0 Å². The summed E-state index contributed by atoms with van der Waals surface area (Å²) >= 11 is 0. The Balaban J connectivity index is 1.76. The standard InChI is InChI=1S/C14H18N2O/c15-9-12-1-3-13(4-2-12)10-16-11-14(5-6-14)7-8-17/h1-4,16-17H,5-8,10-11H2. The minimum absolute atomic E-state index is 0.290. The van der Waals surface area contributed by atoms with Crippen LogP contribution < -0.4 is 5.32 Å². The second-order valence-electron chi connectivity index (χ2n) is 4.89. The van der Waals surface area contributed by atoms with Crippen molar-refractivity contribution < 1.29 is 5.11 Å². The molecule has 1 aromatic rings. The highest BCUT2D eigenvalue weighted by Crippen LogP contribution is 2.47. The van der Waals surface area contributed by atoms with Gasteiger partial charge >= 0.3 is 0 Å². The summed E-state index contributed by atoms with van der Waals surface area (Å²) in [7, 11) is 0. The molecule has 1 aromatic carbocycles. The van der Waals surface area contributed by atoms with Gasteiger partial charge in [-0.15, -0.1) is 0 Å². The molecule has 0 saturated heterocycles. The smallest absolute Gasteiger partial charge is 0.0991 e. The second-order valence-corrected chi connectivity index (χ2v) is 4.89. The Kier molecular flexibility index (Phi) is 3.78. The Morgan fingerprint density at radius 1 is 1.29 bits per heavy atom. The average molecular weight is 230 g/mol. The van der Waals surface area contributed by atoms with Gasteiger partial charge in [0.2, 0.25) is 0 Å². The SMILES string of the molecule is N#Cc1ccc(CNCC2(CCO)CC2)cc1. The van der Waals surface area contributed by atoms with Gasteiger partial charge in [0, 0.05) is 19.7 Å². The fourth-order valence-corrected chi connectivity index (χ4v) is 2.10. The van der Waals surface area contributed by atoms with Crippen molar-refractivity contribution in [1.29, 1.82) is 5.26 Å². The van der Waals surface area contributed by atoms with Crippen LogP contribution in [0.5, 0.6) is 0 Å². The first kappa shape index (κ1) is 12.1. The number of nitrogens with one attached hydrogen (secondary N) is 1. The predicted molar refractivity (Wildman–Crippen MR) is 66.2 cm³/mol. The van der Waals surface area contributed by atoms with Crippen LogP contribution in [0.2, 0.25) is 0 Å². The molecule has 1 saturated carbocycles. The van der Waals surface area contributed by atoms with Gasteiger partial charge in [-0.1, -0.05) is 12.1 Å². The van der Waals surface area contributed by atoms with Gasteiger partial charge in [0.05, 0.1) is 11.6 Å². The van der Waals surface area contributed by atoms with Gasteiger partial charge in [0.1, 0.15) is 0 Å². The van der Waals surface area contributed by atoms with Crippen LogP contribution in [-0.2, 0) is 6.54 Å². The first-order valence-electron chi connectivity index (χ1n) is 6.09. The number of benzene rings is 1. The van der Waals surface area contributed by atoms with Crippen LogP contribution in [-0.4, -0.2) is 18.3 Å². The van der Waals surface area contributed by atoms with E-state index < -0.39 is 0 Å². The highest BCUT2D eigenvalue weighted by molar-refractivity contribution is 5.31. The van der Waals surface area contributed by atoms with Crippen molar-refractivity contribution in [2.75, 3.05) is 13.2 Å². The molecule has 0 spiro atoms. The van der Waals surface area contributed by atoms with E-state index in [1.165, 1.54) is 18.4 Å². The van der Waals surface area contributed by atoms with E-state index in [1.54, 1.807) is 0 Å². The van der Waals surface area contributed by atoms with Gasteiger partial charge in [-0.3, -0.25) is 0 Å². The summed E-state index contributed by atoms with van der Waals surface area (Å²) in [5.74, 6) is 0. The van der Waals surface area contributed by atoms with Gasteiger partial charge in [0.25, 0.3) is 0 Å². The zero-order valence-electron chi connectivity index (χ0n) is 9.95. The van der Waals surface area contributed by atoms with Gasteiger partial charge < -0.3 is 10.4 Å². The summed E-state index contributed by atoms with van der Waals surface area (Å²) in [4.78, 5) is 0. The van der Waals surface area contributed by atoms with E-state index in [1.807, 2.05) is 24.3 Å². The topological polar surface area (TPSA) is 56.0 Å². The number of hydrogen-bond acceptors (Lipinski definition) is 3. The largest absolute Gasteiger partial charge is 0.396 e. The molecule has 0 unspecified atom stereocenters. The summed E-state index contributed by atoms with van der Waals surface area (Å²) < 4.78 is 0. The highest BCUT2D eigenvalue weighted by Gasteiger charge is 2.41. The number of aliphatic hydroxyl groups excluding tert-OH is 1. The number of nitrogens with zero attached hydrogens (tertiary/aromatic N) is 1. The molecule has 0 atom stereocenters. The van der Waals surface area contributed by atoms with E-state index in [-0.39, 0.29) is 0 Å². The molecule has 0 bridgehead atoms. The monoisotopic (exact) mass is 230 g/mol. The van der Waals surface area contributed by atoms with E-state index in [0.29, 0.717) is 17.6 Å². The lowest BCUT2D eigenvalue weighted by atomic mass is 10.0. The lowest BCUT2D eigenvalue weighted by molar-refractivity contribution is 0.245. The van der Waals surface area contributed by atoms with Crippen LogP contribution in [0.15, 0.2) is 24.3 Å². The summed E-state index contributed by atoms with van der Waals surface area (Å²) in [5.41, 5.74) is 2.26. The third-order valence-corrected chi connectivity index (χ3v) is 3.51. The highest BCUT2D eigenvalue weighted by atomic mass is 16.3. The third kappa shape index (κ3) is 3.29. The van der Waals surface area contributed by atoms with Gasteiger partial charge in [-0.25, -0.2) is 0 Å². The minimum Gasteiger partial charge on any atom is -0.396 e. The van der Waals surface area contributed by atoms with Gasteiger partial charge in [-0.05, 0) is 42.4 Å². The molecule has 3 nitrogen and oxygen atoms in total. The molecular weight excluding hydrogens is 212 g/mol. The Bertz CT molecular complexity index is 401. The van der Waals surface area contributed by atoms with Crippen molar-refractivity contribution in [3.05, 3.63) is 35.4 Å². The molecule has 0 heterocycles. The molecule has 2 rings (SSSR count). The van der Waals surface area contributed by atoms with Crippen molar-refractivity contribution in [2.45, 2.75) is 25.8 Å². The molecule has 0 amide bonds. The van der Waals surface area contributed by atoms with Crippen LogP contribution in [0.4, 0.5) is 0 Å². The van der Waals surface area contributed by atoms with Crippen LogP contribution in [0.25, 0.3) is 0 Å². The normalized spacial score (nSPS) is 16.5. The molecule has 90 valence electrons. The number of nitriles is 1. The summed E-state index contributed by atoms with van der Waals surface area (Å²) in [6.45, 7) is 2.10. The van der Waals surface area contributed by atoms with E-state index >= 15 is 0 Å². The fourth-order valence-electron chi connectivity index (χ4n) is 2.10. The molecule has 1 aliphatic rings. The number of rotatable bonds is 6. The Morgan fingerprint density at radius 2 is 2.00 bits per heavy atom. The lowest BCUT2D eigenvalue weighted by Gasteiger charge is -2.14. The van der Waals surface area contributed by atoms with Crippen molar-refractivity contribution in [2.24, 2.45) is 5.41 Å². The average Bonchev–Trinajstić information content (AvgIpc) is 3.11. The lowest BCUT2D eigenvalue weighted by Crippen LogP contribution is -2.24. The van der Waals surface area contributed by atoms with Crippen molar-refractivity contribution >= 4 is 0 Å². The molecule has 17 heavy (non-hydrogen) atoms.